The molecule has 1 rings (SSSR count). The molecule has 0 atom stereocenters. The first-order valence-electron chi connectivity index (χ1n) is 3.27. The molecule has 1 nitrogen and oxygen atoms in total. The van der Waals surface area contributed by atoms with Crippen LogP contribution in [0.2, 0.25) is 0 Å². The molecule has 1 aromatic carbocycles. The van der Waals surface area contributed by atoms with Gasteiger partial charge < -0.3 is 5.73 Å². The second kappa shape index (κ2) is 6.07. The topological polar surface area (TPSA) is 26.0 Å². The number of halogens is 2. The Kier molecular flexibility index (Phi) is 5.83. The van der Waals surface area contributed by atoms with Gasteiger partial charge in [-0.15, -0.1) is 12.4 Å². The SMILES string of the molecule is Cl.NCC#Cc1ccc(Br)cc1. The van der Waals surface area contributed by atoms with Gasteiger partial charge in [0.1, 0.15) is 0 Å². The highest BCUT2D eigenvalue weighted by molar-refractivity contribution is 9.10. The minimum Gasteiger partial charge on any atom is -0.320 e. The Balaban J connectivity index is 0.00000121. The smallest absolute Gasteiger partial charge is 0.0555 e. The third-order valence-corrected chi connectivity index (χ3v) is 1.71. The molecule has 12 heavy (non-hydrogen) atoms. The molecule has 2 N–H and O–H groups in total. The van der Waals surface area contributed by atoms with Crippen LogP contribution in [0.25, 0.3) is 0 Å². The van der Waals surface area contributed by atoms with Crippen LogP contribution in [0.1, 0.15) is 5.56 Å². The van der Waals surface area contributed by atoms with Crippen LogP contribution in [0.3, 0.4) is 0 Å². The van der Waals surface area contributed by atoms with Crippen molar-refractivity contribution < 1.29 is 0 Å². The molecule has 0 bridgehead atoms. The van der Waals surface area contributed by atoms with Crippen LogP contribution in [-0.4, -0.2) is 6.54 Å². The van der Waals surface area contributed by atoms with Gasteiger partial charge in [0.2, 0.25) is 0 Å². The lowest BCUT2D eigenvalue weighted by Crippen LogP contribution is -1.92. The van der Waals surface area contributed by atoms with E-state index in [0.29, 0.717) is 6.54 Å². The van der Waals surface area contributed by atoms with Crippen LogP contribution >= 0.6 is 28.3 Å². The zero-order valence-corrected chi connectivity index (χ0v) is 8.78. The highest BCUT2D eigenvalue weighted by atomic mass is 79.9. The molecule has 3 heteroatoms. The van der Waals surface area contributed by atoms with Crippen molar-refractivity contribution in [2.24, 2.45) is 5.73 Å². The van der Waals surface area contributed by atoms with Crippen LogP contribution < -0.4 is 5.73 Å². The van der Waals surface area contributed by atoms with E-state index in [4.69, 9.17) is 5.73 Å². The highest BCUT2D eigenvalue weighted by Crippen LogP contribution is 2.09. The first-order chi connectivity index (χ1) is 5.33. The van der Waals surface area contributed by atoms with E-state index in [1.54, 1.807) is 0 Å². The largest absolute Gasteiger partial charge is 0.320 e. The summed E-state index contributed by atoms with van der Waals surface area (Å²) in [5.74, 6) is 5.72. The number of nitrogens with two attached hydrogens (primary N) is 1. The summed E-state index contributed by atoms with van der Waals surface area (Å²) in [6, 6.07) is 7.82. The van der Waals surface area contributed by atoms with E-state index in [0.717, 1.165) is 10.0 Å². The summed E-state index contributed by atoms with van der Waals surface area (Å²) in [5, 5.41) is 0. The van der Waals surface area contributed by atoms with Crippen molar-refractivity contribution in [3.05, 3.63) is 34.3 Å². The van der Waals surface area contributed by atoms with Crippen molar-refractivity contribution in [2.75, 3.05) is 6.54 Å². The van der Waals surface area contributed by atoms with E-state index in [9.17, 15) is 0 Å². The summed E-state index contributed by atoms with van der Waals surface area (Å²) < 4.78 is 1.07. The van der Waals surface area contributed by atoms with Gasteiger partial charge in [0.15, 0.2) is 0 Å². The molecule has 0 unspecified atom stereocenters. The number of hydrogen-bond donors (Lipinski definition) is 1. The van der Waals surface area contributed by atoms with Crippen LogP contribution in [0.5, 0.6) is 0 Å². The molecular weight excluding hydrogens is 237 g/mol. The first kappa shape index (κ1) is 11.5. The summed E-state index contributed by atoms with van der Waals surface area (Å²) in [7, 11) is 0. The lowest BCUT2D eigenvalue weighted by atomic mass is 10.2. The third kappa shape index (κ3) is 3.77. The molecule has 0 radical (unpaired) electrons. The Morgan fingerprint density at radius 3 is 2.33 bits per heavy atom. The average molecular weight is 247 g/mol. The molecule has 0 heterocycles. The van der Waals surface area contributed by atoms with Crippen molar-refractivity contribution >= 4 is 28.3 Å². The van der Waals surface area contributed by atoms with Gasteiger partial charge in [0.05, 0.1) is 6.54 Å². The van der Waals surface area contributed by atoms with E-state index in [-0.39, 0.29) is 12.4 Å². The quantitative estimate of drug-likeness (QED) is 0.698. The fraction of sp³-hybridized carbons (Fsp3) is 0.111. The van der Waals surface area contributed by atoms with Gasteiger partial charge in [-0.1, -0.05) is 27.8 Å². The lowest BCUT2D eigenvalue weighted by Gasteiger charge is -1.89. The second-order valence-electron chi connectivity index (χ2n) is 2.01. The van der Waals surface area contributed by atoms with Gasteiger partial charge in [0.25, 0.3) is 0 Å². The van der Waals surface area contributed by atoms with Crippen molar-refractivity contribution in [3.8, 4) is 11.8 Å². The van der Waals surface area contributed by atoms with Crippen molar-refractivity contribution in [3.63, 3.8) is 0 Å². The molecule has 0 saturated carbocycles. The Bertz CT molecular complexity index is 284. The molecule has 0 aliphatic heterocycles. The molecule has 0 aromatic heterocycles. The predicted octanol–water partition coefficient (Wildman–Crippen LogP) is 2.18. The number of hydrogen-bond acceptors (Lipinski definition) is 1. The zero-order chi connectivity index (χ0) is 8.10. The Labute approximate surface area is 86.9 Å². The van der Waals surface area contributed by atoms with E-state index in [1.165, 1.54) is 0 Å². The molecule has 64 valence electrons. The maximum atomic E-state index is 5.22. The molecule has 0 aliphatic carbocycles. The number of benzene rings is 1. The summed E-state index contributed by atoms with van der Waals surface area (Å²) >= 11 is 3.34. The van der Waals surface area contributed by atoms with Crippen molar-refractivity contribution in [1.29, 1.82) is 0 Å². The Morgan fingerprint density at radius 2 is 1.83 bits per heavy atom. The molecule has 0 spiro atoms. The van der Waals surface area contributed by atoms with Crippen LogP contribution in [0.4, 0.5) is 0 Å². The predicted molar refractivity (Wildman–Crippen MR) is 57.3 cm³/mol. The van der Waals surface area contributed by atoms with Crippen molar-refractivity contribution in [2.45, 2.75) is 0 Å². The molecule has 1 aromatic rings. The normalized spacial score (nSPS) is 7.83. The van der Waals surface area contributed by atoms with Gasteiger partial charge in [0, 0.05) is 10.0 Å². The van der Waals surface area contributed by atoms with Crippen LogP contribution in [-0.2, 0) is 0 Å². The zero-order valence-electron chi connectivity index (χ0n) is 6.38. The third-order valence-electron chi connectivity index (χ3n) is 1.18. The first-order valence-corrected chi connectivity index (χ1v) is 4.07. The van der Waals surface area contributed by atoms with Gasteiger partial charge in [-0.3, -0.25) is 0 Å². The Hall–Kier alpha value is -0.490. The van der Waals surface area contributed by atoms with E-state index in [1.807, 2.05) is 24.3 Å². The molecular formula is C9H9BrClN. The highest BCUT2D eigenvalue weighted by Gasteiger charge is 1.85. The van der Waals surface area contributed by atoms with Gasteiger partial charge >= 0.3 is 0 Å². The van der Waals surface area contributed by atoms with E-state index in [2.05, 4.69) is 27.8 Å². The maximum Gasteiger partial charge on any atom is 0.0555 e. The van der Waals surface area contributed by atoms with Gasteiger partial charge in [-0.25, -0.2) is 0 Å². The molecule has 0 amide bonds. The van der Waals surface area contributed by atoms with E-state index >= 15 is 0 Å². The van der Waals surface area contributed by atoms with Gasteiger partial charge in [-0.2, -0.15) is 0 Å². The summed E-state index contributed by atoms with van der Waals surface area (Å²) in [4.78, 5) is 0. The number of rotatable bonds is 0. The molecule has 0 aliphatic rings. The van der Waals surface area contributed by atoms with E-state index < -0.39 is 0 Å². The molecule has 0 saturated heterocycles. The Morgan fingerprint density at radius 1 is 1.25 bits per heavy atom. The molecule has 0 fully saturated rings. The minimum atomic E-state index is 0. The van der Waals surface area contributed by atoms with Crippen LogP contribution in [0, 0.1) is 11.8 Å². The fourth-order valence-corrected chi connectivity index (χ4v) is 0.951. The van der Waals surface area contributed by atoms with Crippen molar-refractivity contribution in [1.82, 2.24) is 0 Å². The van der Waals surface area contributed by atoms with Gasteiger partial charge in [-0.05, 0) is 24.3 Å². The fourth-order valence-electron chi connectivity index (χ4n) is 0.686. The lowest BCUT2D eigenvalue weighted by molar-refractivity contribution is 1.30. The summed E-state index contributed by atoms with van der Waals surface area (Å²) in [6.45, 7) is 0.413. The standard InChI is InChI=1S/C9H8BrN.ClH/c10-9-5-3-8(4-6-9)2-1-7-11;/h3-6H,7,11H2;1H. The average Bonchev–Trinajstić information content (AvgIpc) is 2.04. The summed E-state index contributed by atoms with van der Waals surface area (Å²) in [6.07, 6.45) is 0. The monoisotopic (exact) mass is 245 g/mol. The second-order valence-corrected chi connectivity index (χ2v) is 2.93. The van der Waals surface area contributed by atoms with Crippen LogP contribution in [0.15, 0.2) is 28.7 Å². The minimum absolute atomic E-state index is 0. The maximum absolute atomic E-state index is 5.22. The summed E-state index contributed by atoms with van der Waals surface area (Å²) in [5.41, 5.74) is 6.22.